The Morgan fingerprint density at radius 2 is 1.96 bits per heavy atom. The maximum atomic E-state index is 12.6. The monoisotopic (exact) mass is 331 g/mol. The van der Waals surface area contributed by atoms with Gasteiger partial charge in [0.25, 0.3) is 0 Å². The SMILES string of the molecule is O=C(NCCCOC1CCOCC1)C1(Cc2ccccc2)CCC1. The van der Waals surface area contributed by atoms with E-state index in [4.69, 9.17) is 9.47 Å². The van der Waals surface area contributed by atoms with Crippen LogP contribution in [0.25, 0.3) is 0 Å². The number of benzene rings is 1. The molecule has 1 heterocycles. The predicted octanol–water partition coefficient (Wildman–Crippen LogP) is 3.10. The van der Waals surface area contributed by atoms with Gasteiger partial charge in [0.1, 0.15) is 0 Å². The topological polar surface area (TPSA) is 47.6 Å². The number of carbonyl (C=O) groups excluding carboxylic acids is 1. The molecule has 1 saturated heterocycles. The number of nitrogens with one attached hydrogen (secondary N) is 1. The Kier molecular flexibility index (Phi) is 6.27. The Hall–Kier alpha value is -1.39. The van der Waals surface area contributed by atoms with Crippen LogP contribution in [0.3, 0.4) is 0 Å². The van der Waals surface area contributed by atoms with Gasteiger partial charge in [0.15, 0.2) is 0 Å². The first-order valence-electron chi connectivity index (χ1n) is 9.30. The first kappa shape index (κ1) is 17.4. The van der Waals surface area contributed by atoms with Crippen molar-refractivity contribution in [1.82, 2.24) is 5.32 Å². The molecule has 0 atom stereocenters. The van der Waals surface area contributed by atoms with Crippen LogP contribution in [0.2, 0.25) is 0 Å². The number of hydrogen-bond donors (Lipinski definition) is 1. The third kappa shape index (κ3) is 4.58. The molecule has 1 aromatic rings. The molecule has 0 bridgehead atoms. The molecule has 0 unspecified atom stereocenters. The largest absolute Gasteiger partial charge is 0.381 e. The van der Waals surface area contributed by atoms with Gasteiger partial charge in [-0.1, -0.05) is 36.8 Å². The van der Waals surface area contributed by atoms with Crippen LogP contribution in [-0.2, 0) is 20.7 Å². The predicted molar refractivity (Wildman–Crippen MR) is 93.8 cm³/mol. The number of ether oxygens (including phenoxy) is 2. The Morgan fingerprint density at radius 3 is 2.62 bits per heavy atom. The molecule has 2 aliphatic rings. The van der Waals surface area contributed by atoms with Crippen molar-refractivity contribution in [1.29, 1.82) is 0 Å². The highest BCUT2D eigenvalue weighted by molar-refractivity contribution is 5.83. The molecule has 1 amide bonds. The minimum atomic E-state index is -0.178. The van der Waals surface area contributed by atoms with E-state index >= 15 is 0 Å². The normalized spacial score (nSPS) is 20.3. The van der Waals surface area contributed by atoms with Gasteiger partial charge in [0.2, 0.25) is 5.91 Å². The Labute approximate surface area is 144 Å². The fourth-order valence-corrected chi connectivity index (χ4v) is 3.63. The first-order valence-corrected chi connectivity index (χ1v) is 9.30. The van der Waals surface area contributed by atoms with Crippen LogP contribution in [0, 0.1) is 5.41 Å². The summed E-state index contributed by atoms with van der Waals surface area (Å²) in [6, 6.07) is 10.4. The van der Waals surface area contributed by atoms with E-state index in [0.29, 0.717) is 12.6 Å². The molecular formula is C20H29NO3. The van der Waals surface area contributed by atoms with Gasteiger partial charge in [0.05, 0.1) is 11.5 Å². The molecule has 1 aliphatic carbocycles. The molecule has 1 N–H and O–H groups in total. The molecule has 0 spiro atoms. The first-order chi connectivity index (χ1) is 11.8. The molecule has 4 heteroatoms. The van der Waals surface area contributed by atoms with Crippen molar-refractivity contribution in [2.45, 2.75) is 51.0 Å². The summed E-state index contributed by atoms with van der Waals surface area (Å²) >= 11 is 0. The third-order valence-corrected chi connectivity index (χ3v) is 5.31. The lowest BCUT2D eigenvalue weighted by Crippen LogP contribution is -2.47. The third-order valence-electron chi connectivity index (χ3n) is 5.31. The van der Waals surface area contributed by atoms with Crippen LogP contribution >= 0.6 is 0 Å². The van der Waals surface area contributed by atoms with Crippen molar-refractivity contribution in [2.24, 2.45) is 5.41 Å². The summed E-state index contributed by atoms with van der Waals surface area (Å²) in [7, 11) is 0. The van der Waals surface area contributed by atoms with E-state index in [1.54, 1.807) is 0 Å². The zero-order valence-corrected chi connectivity index (χ0v) is 14.5. The van der Waals surface area contributed by atoms with Crippen LogP contribution in [0.1, 0.15) is 44.1 Å². The van der Waals surface area contributed by atoms with Gasteiger partial charge in [-0.3, -0.25) is 4.79 Å². The Balaban J connectivity index is 1.37. The van der Waals surface area contributed by atoms with Crippen molar-refractivity contribution in [3.8, 4) is 0 Å². The molecule has 1 aliphatic heterocycles. The van der Waals surface area contributed by atoms with E-state index in [0.717, 1.165) is 64.8 Å². The maximum absolute atomic E-state index is 12.6. The van der Waals surface area contributed by atoms with Crippen molar-refractivity contribution in [3.63, 3.8) is 0 Å². The Bertz CT molecular complexity index is 507. The van der Waals surface area contributed by atoms with Crippen LogP contribution in [0.5, 0.6) is 0 Å². The molecule has 1 aromatic carbocycles. The van der Waals surface area contributed by atoms with Crippen molar-refractivity contribution in [3.05, 3.63) is 35.9 Å². The van der Waals surface area contributed by atoms with Crippen molar-refractivity contribution < 1.29 is 14.3 Å². The molecule has 2 fully saturated rings. The van der Waals surface area contributed by atoms with Gasteiger partial charge < -0.3 is 14.8 Å². The molecule has 4 nitrogen and oxygen atoms in total. The quantitative estimate of drug-likeness (QED) is 0.745. The van der Waals surface area contributed by atoms with Gasteiger partial charge in [0, 0.05) is 26.4 Å². The van der Waals surface area contributed by atoms with Crippen molar-refractivity contribution in [2.75, 3.05) is 26.4 Å². The second kappa shape index (κ2) is 8.63. The number of carbonyl (C=O) groups is 1. The zero-order chi connectivity index (χ0) is 16.7. The van der Waals surface area contributed by atoms with Gasteiger partial charge in [-0.2, -0.15) is 0 Å². The summed E-state index contributed by atoms with van der Waals surface area (Å²) in [6.07, 6.45) is 7.23. The van der Waals surface area contributed by atoms with Crippen LogP contribution in [-0.4, -0.2) is 38.4 Å². The number of amides is 1. The highest BCUT2D eigenvalue weighted by atomic mass is 16.5. The maximum Gasteiger partial charge on any atom is 0.226 e. The van der Waals surface area contributed by atoms with E-state index in [9.17, 15) is 4.79 Å². The molecule has 0 aromatic heterocycles. The van der Waals surface area contributed by atoms with E-state index in [-0.39, 0.29) is 11.3 Å². The minimum Gasteiger partial charge on any atom is -0.381 e. The summed E-state index contributed by atoms with van der Waals surface area (Å²) in [4.78, 5) is 12.6. The lowest BCUT2D eigenvalue weighted by atomic mass is 9.64. The molecule has 24 heavy (non-hydrogen) atoms. The van der Waals surface area contributed by atoms with Gasteiger partial charge in [-0.15, -0.1) is 0 Å². The summed E-state index contributed by atoms with van der Waals surface area (Å²) in [5.41, 5.74) is 1.08. The average molecular weight is 331 g/mol. The van der Waals surface area contributed by atoms with Crippen LogP contribution in [0.15, 0.2) is 30.3 Å². The summed E-state index contributed by atoms with van der Waals surface area (Å²) in [5.74, 6) is 0.226. The smallest absolute Gasteiger partial charge is 0.226 e. The standard InChI is InChI=1S/C20H29NO3/c22-19(21-12-5-13-24-18-8-14-23-15-9-18)20(10-4-11-20)16-17-6-2-1-3-7-17/h1-3,6-7,18H,4-5,8-16H2,(H,21,22). The molecule has 3 rings (SSSR count). The van der Waals surface area contributed by atoms with E-state index < -0.39 is 0 Å². The van der Waals surface area contributed by atoms with E-state index in [2.05, 4.69) is 17.4 Å². The van der Waals surface area contributed by atoms with E-state index in [1.165, 1.54) is 5.56 Å². The second-order valence-electron chi connectivity index (χ2n) is 7.09. The summed E-state index contributed by atoms with van der Waals surface area (Å²) in [5, 5.41) is 3.14. The molecule has 132 valence electrons. The van der Waals surface area contributed by atoms with Crippen molar-refractivity contribution >= 4 is 5.91 Å². The highest BCUT2D eigenvalue weighted by Crippen LogP contribution is 2.43. The number of hydrogen-bond acceptors (Lipinski definition) is 3. The van der Waals surface area contributed by atoms with Gasteiger partial charge >= 0.3 is 0 Å². The van der Waals surface area contributed by atoms with Gasteiger partial charge in [-0.05, 0) is 44.1 Å². The average Bonchev–Trinajstić information content (AvgIpc) is 2.59. The fraction of sp³-hybridized carbons (Fsp3) is 0.650. The lowest BCUT2D eigenvalue weighted by Gasteiger charge is -2.40. The lowest BCUT2D eigenvalue weighted by molar-refractivity contribution is -0.136. The molecule has 0 radical (unpaired) electrons. The highest BCUT2D eigenvalue weighted by Gasteiger charge is 2.43. The zero-order valence-electron chi connectivity index (χ0n) is 14.5. The summed E-state index contributed by atoms with van der Waals surface area (Å²) in [6.45, 7) is 3.04. The van der Waals surface area contributed by atoms with Crippen LogP contribution in [0.4, 0.5) is 0 Å². The summed E-state index contributed by atoms with van der Waals surface area (Å²) < 4.78 is 11.2. The second-order valence-corrected chi connectivity index (χ2v) is 7.09. The fourth-order valence-electron chi connectivity index (χ4n) is 3.63. The molecular weight excluding hydrogens is 302 g/mol. The van der Waals surface area contributed by atoms with Crippen LogP contribution < -0.4 is 5.32 Å². The van der Waals surface area contributed by atoms with E-state index in [1.807, 2.05) is 18.2 Å². The minimum absolute atomic E-state index is 0.178. The Morgan fingerprint density at radius 1 is 1.21 bits per heavy atom. The number of rotatable bonds is 8. The molecule has 1 saturated carbocycles. The van der Waals surface area contributed by atoms with Gasteiger partial charge in [-0.25, -0.2) is 0 Å².